The van der Waals surface area contributed by atoms with Gasteiger partial charge in [-0.2, -0.15) is 0 Å². The Kier molecular flexibility index (Phi) is 3.45. The molecule has 2 bridgehead atoms. The summed E-state index contributed by atoms with van der Waals surface area (Å²) in [5.41, 5.74) is 0.523. The van der Waals surface area contributed by atoms with Crippen molar-refractivity contribution in [3.63, 3.8) is 0 Å². The van der Waals surface area contributed by atoms with Crippen LogP contribution in [0.4, 0.5) is 5.69 Å². The average Bonchev–Trinajstić information content (AvgIpc) is 3.25. The molecule has 3 aliphatic rings. The Hall–Kier alpha value is -2.96. The summed E-state index contributed by atoms with van der Waals surface area (Å²) in [5.74, 6) is -2.46. The molecule has 2 aliphatic carbocycles. The highest BCUT2D eigenvalue weighted by Crippen LogP contribution is 2.52. The minimum Gasteiger partial charge on any atom is -0.478 e. The first-order valence-corrected chi connectivity index (χ1v) is 8.12. The van der Waals surface area contributed by atoms with Crippen molar-refractivity contribution < 1.29 is 24.3 Å². The van der Waals surface area contributed by atoms with Gasteiger partial charge in [0.2, 0.25) is 17.7 Å². The van der Waals surface area contributed by atoms with Crippen LogP contribution in [0.25, 0.3) is 0 Å². The molecule has 2 N–H and O–H groups in total. The van der Waals surface area contributed by atoms with E-state index in [9.17, 15) is 19.2 Å². The largest absolute Gasteiger partial charge is 0.478 e. The lowest BCUT2D eigenvalue weighted by molar-refractivity contribution is -0.143. The Labute approximate surface area is 143 Å². The number of carbonyl (C=O) groups excluding carboxylic acids is 3. The van der Waals surface area contributed by atoms with Crippen molar-refractivity contribution in [2.75, 3.05) is 11.9 Å². The molecule has 0 aromatic heterocycles. The highest BCUT2D eigenvalue weighted by Gasteiger charge is 2.59. The van der Waals surface area contributed by atoms with Crippen molar-refractivity contribution in [2.24, 2.45) is 23.7 Å². The first kappa shape index (κ1) is 15.6. The van der Waals surface area contributed by atoms with E-state index in [0.29, 0.717) is 5.69 Å². The summed E-state index contributed by atoms with van der Waals surface area (Å²) in [5, 5.41) is 11.4. The Morgan fingerprint density at radius 3 is 2.12 bits per heavy atom. The lowest BCUT2D eigenvalue weighted by atomic mass is 9.85. The number of carboxylic acids is 1. The number of anilines is 1. The monoisotopic (exact) mass is 340 g/mol. The quantitative estimate of drug-likeness (QED) is 0.632. The summed E-state index contributed by atoms with van der Waals surface area (Å²) in [4.78, 5) is 49.1. The molecule has 128 valence electrons. The number of amides is 3. The van der Waals surface area contributed by atoms with Gasteiger partial charge in [0.15, 0.2) is 0 Å². The van der Waals surface area contributed by atoms with Crippen molar-refractivity contribution in [2.45, 2.75) is 6.42 Å². The van der Waals surface area contributed by atoms with E-state index in [0.717, 1.165) is 11.3 Å². The fourth-order valence-electron chi connectivity index (χ4n) is 4.16. The van der Waals surface area contributed by atoms with E-state index in [-0.39, 0.29) is 47.6 Å². The van der Waals surface area contributed by atoms with E-state index in [4.69, 9.17) is 5.11 Å². The highest BCUT2D eigenvalue weighted by molar-refractivity contribution is 6.09. The maximum Gasteiger partial charge on any atom is 0.335 e. The van der Waals surface area contributed by atoms with Crippen LogP contribution in [0.5, 0.6) is 0 Å². The molecule has 1 aliphatic heterocycles. The summed E-state index contributed by atoms with van der Waals surface area (Å²) < 4.78 is 0. The fraction of sp³-hybridized carbons (Fsp3) is 0.333. The van der Waals surface area contributed by atoms with Gasteiger partial charge in [0.05, 0.1) is 17.4 Å². The average molecular weight is 340 g/mol. The number of aromatic carboxylic acids is 1. The smallest absolute Gasteiger partial charge is 0.335 e. The molecule has 1 aromatic rings. The Bertz CT molecular complexity index is 783. The molecule has 0 radical (unpaired) electrons. The number of carbonyl (C=O) groups is 4. The molecule has 0 unspecified atom stereocenters. The van der Waals surface area contributed by atoms with Crippen LogP contribution in [0.1, 0.15) is 16.8 Å². The molecule has 4 atom stereocenters. The number of likely N-dealkylation sites (tertiary alicyclic amines) is 1. The number of nitrogens with zero attached hydrogens (tertiary/aromatic N) is 1. The summed E-state index contributed by atoms with van der Waals surface area (Å²) in [6, 6.07) is 5.68. The third-order valence-corrected chi connectivity index (χ3v) is 5.28. The molecule has 0 spiro atoms. The molecular weight excluding hydrogens is 324 g/mol. The minimum atomic E-state index is -1.05. The van der Waals surface area contributed by atoms with Crippen molar-refractivity contribution in [1.82, 2.24) is 4.90 Å². The van der Waals surface area contributed by atoms with Gasteiger partial charge in [0.1, 0.15) is 6.54 Å². The lowest BCUT2D eigenvalue weighted by Crippen LogP contribution is -2.39. The van der Waals surface area contributed by atoms with Gasteiger partial charge in [0.25, 0.3) is 0 Å². The Morgan fingerprint density at radius 1 is 1.04 bits per heavy atom. The summed E-state index contributed by atoms with van der Waals surface area (Å²) in [6.45, 7) is -0.315. The molecule has 25 heavy (non-hydrogen) atoms. The van der Waals surface area contributed by atoms with Gasteiger partial charge in [-0.1, -0.05) is 12.2 Å². The summed E-state index contributed by atoms with van der Waals surface area (Å²) in [7, 11) is 0. The number of hydrogen-bond donors (Lipinski definition) is 2. The fourth-order valence-corrected chi connectivity index (χ4v) is 4.16. The van der Waals surface area contributed by atoms with Gasteiger partial charge < -0.3 is 10.4 Å². The molecule has 1 aromatic carbocycles. The van der Waals surface area contributed by atoms with Gasteiger partial charge in [-0.05, 0) is 42.5 Å². The maximum absolute atomic E-state index is 12.5. The number of fused-ring (bicyclic) bond motifs is 5. The van der Waals surface area contributed by atoms with Crippen LogP contribution in [-0.4, -0.2) is 40.2 Å². The van der Waals surface area contributed by atoms with Crippen LogP contribution in [0, 0.1) is 23.7 Å². The second kappa shape index (κ2) is 5.54. The predicted octanol–water partition coefficient (Wildman–Crippen LogP) is 1.13. The second-order valence-corrected chi connectivity index (χ2v) is 6.69. The van der Waals surface area contributed by atoms with E-state index in [1.807, 2.05) is 12.2 Å². The van der Waals surface area contributed by atoms with Crippen LogP contribution in [-0.2, 0) is 14.4 Å². The highest BCUT2D eigenvalue weighted by atomic mass is 16.4. The van der Waals surface area contributed by atoms with E-state index < -0.39 is 11.9 Å². The Balaban J connectivity index is 1.42. The molecule has 4 rings (SSSR count). The zero-order chi connectivity index (χ0) is 17.7. The number of imide groups is 1. The van der Waals surface area contributed by atoms with Crippen molar-refractivity contribution >= 4 is 29.4 Å². The van der Waals surface area contributed by atoms with Crippen molar-refractivity contribution in [3.8, 4) is 0 Å². The first-order chi connectivity index (χ1) is 12.0. The van der Waals surface area contributed by atoms with Gasteiger partial charge in [-0.3, -0.25) is 19.3 Å². The predicted molar refractivity (Wildman–Crippen MR) is 86.5 cm³/mol. The van der Waals surface area contributed by atoms with Gasteiger partial charge >= 0.3 is 5.97 Å². The topological polar surface area (TPSA) is 104 Å². The first-order valence-electron chi connectivity index (χ1n) is 8.12. The van der Waals surface area contributed by atoms with Crippen LogP contribution >= 0.6 is 0 Å². The Morgan fingerprint density at radius 2 is 1.60 bits per heavy atom. The van der Waals surface area contributed by atoms with Crippen molar-refractivity contribution in [3.05, 3.63) is 42.0 Å². The van der Waals surface area contributed by atoms with E-state index in [1.165, 1.54) is 24.3 Å². The number of benzene rings is 1. The number of nitrogens with one attached hydrogen (secondary N) is 1. The molecule has 3 amide bonds. The van der Waals surface area contributed by atoms with Gasteiger partial charge in [-0.15, -0.1) is 0 Å². The van der Waals surface area contributed by atoms with E-state index in [1.54, 1.807) is 0 Å². The van der Waals surface area contributed by atoms with Gasteiger partial charge in [0, 0.05) is 5.69 Å². The number of hydrogen-bond acceptors (Lipinski definition) is 4. The van der Waals surface area contributed by atoms with Gasteiger partial charge in [-0.25, -0.2) is 4.79 Å². The van der Waals surface area contributed by atoms with E-state index in [2.05, 4.69) is 5.32 Å². The normalized spacial score (nSPS) is 29.2. The molecule has 2 fully saturated rings. The lowest BCUT2D eigenvalue weighted by Gasteiger charge is -2.16. The van der Waals surface area contributed by atoms with E-state index >= 15 is 0 Å². The van der Waals surface area contributed by atoms with Crippen LogP contribution in [0.3, 0.4) is 0 Å². The van der Waals surface area contributed by atoms with Crippen LogP contribution in [0.2, 0.25) is 0 Å². The summed E-state index contributed by atoms with van der Waals surface area (Å²) in [6.07, 6.45) is 4.86. The summed E-state index contributed by atoms with van der Waals surface area (Å²) >= 11 is 0. The standard InChI is InChI=1S/C18H16N2O5/c21-13(19-12-5-3-9(4-6-12)18(24)25)8-20-16(22)14-10-1-2-11(7-10)15(14)17(20)23/h1-6,10-11,14-15H,7-8H2,(H,19,21)(H,24,25)/t10-,11-,14+,15+/m0/s1. The third kappa shape index (κ3) is 2.43. The van der Waals surface area contributed by atoms with Crippen molar-refractivity contribution in [1.29, 1.82) is 0 Å². The number of allylic oxidation sites excluding steroid dienone is 2. The number of rotatable bonds is 4. The molecule has 1 saturated heterocycles. The molecule has 1 saturated carbocycles. The van der Waals surface area contributed by atoms with Crippen LogP contribution < -0.4 is 5.32 Å². The zero-order valence-electron chi connectivity index (χ0n) is 13.2. The SMILES string of the molecule is O=C(CN1C(=O)[C@H]2[C@H](C1=O)[C@H]1C=C[C@H]2C1)Nc1ccc(C(=O)O)cc1. The van der Waals surface area contributed by atoms with Crippen LogP contribution in [0.15, 0.2) is 36.4 Å². The molecular formula is C18H16N2O5. The maximum atomic E-state index is 12.5. The third-order valence-electron chi connectivity index (χ3n) is 5.28. The number of carboxylic acid groups (broad SMARTS) is 1. The zero-order valence-corrected chi connectivity index (χ0v) is 13.2. The minimum absolute atomic E-state index is 0.110. The molecule has 7 nitrogen and oxygen atoms in total. The second-order valence-electron chi connectivity index (χ2n) is 6.69. The molecule has 7 heteroatoms. The molecule has 1 heterocycles.